The molecule has 2 N–H and O–H groups in total. The Morgan fingerprint density at radius 2 is 2.00 bits per heavy atom. The van der Waals surface area contributed by atoms with Crippen molar-refractivity contribution in [2.75, 3.05) is 38.0 Å². The van der Waals surface area contributed by atoms with Crippen LogP contribution in [0.2, 0.25) is 0 Å². The Balaban J connectivity index is 1.60. The van der Waals surface area contributed by atoms with Crippen molar-refractivity contribution in [1.82, 2.24) is 19.7 Å². The zero-order chi connectivity index (χ0) is 20.1. The molecule has 1 aliphatic rings. The van der Waals surface area contributed by atoms with Crippen LogP contribution in [-0.2, 0) is 16.1 Å². The van der Waals surface area contributed by atoms with Crippen LogP contribution in [0.25, 0.3) is 10.9 Å². The van der Waals surface area contributed by atoms with Gasteiger partial charge in [-0.15, -0.1) is 0 Å². The van der Waals surface area contributed by atoms with Gasteiger partial charge in [0.25, 0.3) is 0 Å². The first-order valence-electron chi connectivity index (χ1n) is 9.70. The molecule has 2 aromatic rings. The first kappa shape index (κ1) is 19.9. The Morgan fingerprint density at radius 3 is 2.71 bits per heavy atom. The molecule has 0 spiro atoms. The number of nitrogens with zero attached hydrogens (tertiary/aromatic N) is 3. The molecule has 2 heterocycles. The van der Waals surface area contributed by atoms with Crippen molar-refractivity contribution in [2.45, 2.75) is 26.8 Å². The van der Waals surface area contributed by atoms with E-state index >= 15 is 0 Å². The molecular formula is C20H27N5O3. The zero-order valence-electron chi connectivity index (χ0n) is 16.4. The van der Waals surface area contributed by atoms with E-state index in [0.717, 1.165) is 37.1 Å². The van der Waals surface area contributed by atoms with E-state index in [-0.39, 0.29) is 31.3 Å². The lowest BCUT2D eigenvalue weighted by Crippen LogP contribution is -2.51. The van der Waals surface area contributed by atoms with Crippen LogP contribution in [0.5, 0.6) is 0 Å². The van der Waals surface area contributed by atoms with E-state index < -0.39 is 6.03 Å². The van der Waals surface area contributed by atoms with Crippen molar-refractivity contribution in [3.05, 3.63) is 30.5 Å². The number of aromatic nitrogens is 1. The minimum atomic E-state index is -0.521. The average Bonchev–Trinajstić information content (AvgIpc) is 3.07. The standard InChI is InChI=1S/C20H27N5O3/c1-3-23(4-2)11-12-24-9-7-15-13-16(5-6-17(15)24)21-19(27)14-25-10-8-18(26)22-20(25)28/h5-7,9,13H,3-4,8,10-12,14H2,1-2H3,(H,21,27)(H,22,26,28). The lowest BCUT2D eigenvalue weighted by atomic mass is 10.2. The van der Waals surface area contributed by atoms with Crippen molar-refractivity contribution >= 4 is 34.4 Å². The largest absolute Gasteiger partial charge is 0.346 e. The van der Waals surface area contributed by atoms with Gasteiger partial charge in [0.1, 0.15) is 6.54 Å². The van der Waals surface area contributed by atoms with Crippen molar-refractivity contribution in [1.29, 1.82) is 0 Å². The topological polar surface area (TPSA) is 86.7 Å². The normalized spacial score (nSPS) is 14.6. The van der Waals surface area contributed by atoms with E-state index in [0.29, 0.717) is 5.69 Å². The molecule has 0 radical (unpaired) electrons. The third-order valence-electron chi connectivity index (χ3n) is 5.08. The first-order chi connectivity index (χ1) is 13.5. The predicted molar refractivity (Wildman–Crippen MR) is 108 cm³/mol. The van der Waals surface area contributed by atoms with Crippen LogP contribution in [0.1, 0.15) is 20.3 Å². The molecular weight excluding hydrogens is 358 g/mol. The van der Waals surface area contributed by atoms with Gasteiger partial charge in [0, 0.05) is 48.8 Å². The predicted octanol–water partition coefficient (Wildman–Crippen LogP) is 1.86. The van der Waals surface area contributed by atoms with Gasteiger partial charge in [0.15, 0.2) is 0 Å². The van der Waals surface area contributed by atoms with Gasteiger partial charge in [0.2, 0.25) is 11.8 Å². The van der Waals surface area contributed by atoms with Gasteiger partial charge < -0.3 is 19.7 Å². The van der Waals surface area contributed by atoms with Gasteiger partial charge in [-0.1, -0.05) is 13.8 Å². The molecule has 0 saturated carbocycles. The highest BCUT2D eigenvalue weighted by molar-refractivity contribution is 6.00. The maximum atomic E-state index is 12.3. The molecule has 0 atom stereocenters. The molecule has 0 bridgehead atoms. The Morgan fingerprint density at radius 1 is 1.21 bits per heavy atom. The number of imide groups is 1. The summed E-state index contributed by atoms with van der Waals surface area (Å²) in [6, 6.07) is 7.32. The van der Waals surface area contributed by atoms with Crippen LogP contribution in [-0.4, -0.2) is 64.9 Å². The average molecular weight is 385 g/mol. The van der Waals surface area contributed by atoms with Crippen LogP contribution in [0.4, 0.5) is 10.5 Å². The number of anilines is 1. The van der Waals surface area contributed by atoms with Gasteiger partial charge in [-0.25, -0.2) is 4.79 Å². The number of hydrogen-bond donors (Lipinski definition) is 2. The quantitative estimate of drug-likeness (QED) is 0.726. The number of carbonyl (C=O) groups excluding carboxylic acids is 3. The highest BCUT2D eigenvalue weighted by atomic mass is 16.2. The summed E-state index contributed by atoms with van der Waals surface area (Å²) in [5.74, 6) is -0.595. The highest BCUT2D eigenvalue weighted by Gasteiger charge is 2.24. The summed E-state index contributed by atoms with van der Waals surface area (Å²) in [4.78, 5) is 38.9. The minimum Gasteiger partial charge on any atom is -0.346 e. The molecule has 1 aromatic heterocycles. The Hall–Kier alpha value is -2.87. The van der Waals surface area contributed by atoms with Crippen molar-refractivity contribution in [3.8, 4) is 0 Å². The van der Waals surface area contributed by atoms with Gasteiger partial charge in [-0.3, -0.25) is 14.9 Å². The molecule has 0 aliphatic carbocycles. The molecule has 0 unspecified atom stereocenters. The fourth-order valence-electron chi connectivity index (χ4n) is 3.39. The molecule has 150 valence electrons. The van der Waals surface area contributed by atoms with Crippen LogP contribution in [0.15, 0.2) is 30.5 Å². The van der Waals surface area contributed by atoms with Crippen molar-refractivity contribution in [3.63, 3.8) is 0 Å². The maximum Gasteiger partial charge on any atom is 0.324 e. The number of hydrogen-bond acceptors (Lipinski definition) is 4. The van der Waals surface area contributed by atoms with Gasteiger partial charge >= 0.3 is 6.03 Å². The number of nitrogens with one attached hydrogen (secondary N) is 2. The zero-order valence-corrected chi connectivity index (χ0v) is 16.4. The van der Waals surface area contributed by atoms with Gasteiger partial charge in [-0.05, 0) is 37.4 Å². The van der Waals surface area contributed by atoms with E-state index in [1.165, 1.54) is 4.90 Å². The lowest BCUT2D eigenvalue weighted by molar-refractivity contribution is -0.123. The molecule has 28 heavy (non-hydrogen) atoms. The number of benzene rings is 1. The second-order valence-corrected chi connectivity index (χ2v) is 6.88. The molecule has 3 rings (SSSR count). The number of likely N-dealkylation sites (N-methyl/N-ethyl adjacent to an activating group) is 1. The molecule has 8 heteroatoms. The highest BCUT2D eigenvalue weighted by Crippen LogP contribution is 2.21. The summed E-state index contributed by atoms with van der Waals surface area (Å²) >= 11 is 0. The van der Waals surface area contributed by atoms with Crippen LogP contribution < -0.4 is 10.6 Å². The fraction of sp³-hybridized carbons (Fsp3) is 0.450. The van der Waals surface area contributed by atoms with Crippen molar-refractivity contribution in [2.24, 2.45) is 0 Å². The van der Waals surface area contributed by atoms with Gasteiger partial charge in [0.05, 0.1) is 0 Å². The minimum absolute atomic E-state index is 0.0813. The number of amides is 4. The number of carbonyl (C=O) groups is 3. The molecule has 1 aromatic carbocycles. The summed E-state index contributed by atoms with van der Waals surface area (Å²) in [5.41, 5.74) is 1.81. The van der Waals surface area contributed by atoms with Gasteiger partial charge in [-0.2, -0.15) is 0 Å². The lowest BCUT2D eigenvalue weighted by Gasteiger charge is -2.25. The number of fused-ring (bicyclic) bond motifs is 1. The summed E-state index contributed by atoms with van der Waals surface area (Å²) in [6.07, 6.45) is 2.28. The SMILES string of the molecule is CCN(CC)CCn1ccc2cc(NC(=O)CN3CCC(=O)NC3=O)ccc21. The third-order valence-corrected chi connectivity index (χ3v) is 5.08. The van der Waals surface area contributed by atoms with E-state index in [1.807, 2.05) is 24.3 Å². The van der Waals surface area contributed by atoms with Crippen LogP contribution >= 0.6 is 0 Å². The van der Waals surface area contributed by atoms with Crippen LogP contribution in [0.3, 0.4) is 0 Å². The van der Waals surface area contributed by atoms with E-state index in [1.54, 1.807) is 0 Å². The summed E-state index contributed by atoms with van der Waals surface area (Å²) < 4.78 is 2.22. The monoisotopic (exact) mass is 385 g/mol. The molecule has 1 fully saturated rings. The third kappa shape index (κ3) is 4.69. The summed E-state index contributed by atoms with van der Waals surface area (Å²) in [7, 11) is 0. The molecule has 1 aliphatic heterocycles. The van der Waals surface area contributed by atoms with Crippen LogP contribution in [0, 0.1) is 0 Å². The number of urea groups is 1. The van der Waals surface area contributed by atoms with E-state index in [2.05, 4.69) is 40.1 Å². The van der Waals surface area contributed by atoms with E-state index in [9.17, 15) is 14.4 Å². The fourth-order valence-corrected chi connectivity index (χ4v) is 3.39. The Labute approximate surface area is 164 Å². The smallest absolute Gasteiger partial charge is 0.324 e. The molecule has 1 saturated heterocycles. The second kappa shape index (κ2) is 8.88. The Kier molecular flexibility index (Phi) is 6.30. The van der Waals surface area contributed by atoms with E-state index in [4.69, 9.17) is 0 Å². The first-order valence-corrected chi connectivity index (χ1v) is 9.70. The number of rotatable bonds is 8. The van der Waals surface area contributed by atoms with Crippen molar-refractivity contribution < 1.29 is 14.4 Å². The summed E-state index contributed by atoms with van der Waals surface area (Å²) in [5, 5.41) is 6.10. The second-order valence-electron chi connectivity index (χ2n) is 6.88. The summed E-state index contributed by atoms with van der Waals surface area (Å²) in [6.45, 7) is 8.49. The molecule has 8 nitrogen and oxygen atoms in total. The Bertz CT molecular complexity index is 872. The maximum absolute atomic E-state index is 12.3. The molecule has 4 amide bonds.